The van der Waals surface area contributed by atoms with Gasteiger partial charge in [-0.1, -0.05) is 0 Å². The predicted molar refractivity (Wildman–Crippen MR) is 22.0 cm³/mol. The van der Waals surface area contributed by atoms with E-state index < -0.39 is 0 Å². The van der Waals surface area contributed by atoms with Crippen LogP contribution in [0.15, 0.2) is 30.3 Å². The number of rotatable bonds is 0. The van der Waals surface area contributed by atoms with Crippen molar-refractivity contribution in [3.63, 3.8) is 0 Å². The zero-order valence-corrected chi connectivity index (χ0v) is 5.12. The van der Waals surface area contributed by atoms with Crippen molar-refractivity contribution in [2.45, 2.75) is 0 Å². The van der Waals surface area contributed by atoms with Crippen LogP contribution in [0.2, 0.25) is 0 Å². The molecule has 0 bridgehead atoms. The Kier molecular flexibility index (Phi) is 3.20. The first-order chi connectivity index (χ1) is 2.50. The van der Waals surface area contributed by atoms with Gasteiger partial charge in [-0.25, -0.2) is 12.1 Å². The van der Waals surface area contributed by atoms with Gasteiger partial charge in [0.15, 0.2) is 0 Å². The topological polar surface area (TPSA) is 0 Å². The average molecular weight is 163 g/mol. The van der Waals surface area contributed by atoms with Gasteiger partial charge < -0.3 is 0 Å². The Balaban J connectivity index is 0.000000250. The number of hydrogen-bond acceptors (Lipinski definition) is 0. The van der Waals surface area contributed by atoms with E-state index in [0.29, 0.717) is 0 Å². The Hall–Kier alpha value is -0.000649. The summed E-state index contributed by atoms with van der Waals surface area (Å²) >= 11 is 0. The molecule has 0 aliphatic heterocycles. The van der Waals surface area contributed by atoms with E-state index in [-0.39, 0.29) is 20.1 Å². The van der Waals surface area contributed by atoms with E-state index in [9.17, 15) is 0 Å². The van der Waals surface area contributed by atoms with Gasteiger partial charge in [-0.2, -0.15) is 18.2 Å². The minimum atomic E-state index is 0. The van der Waals surface area contributed by atoms with E-state index in [2.05, 4.69) is 0 Å². The van der Waals surface area contributed by atoms with E-state index in [0.717, 1.165) is 0 Å². The quantitative estimate of drug-likeness (QED) is 0.507. The molecule has 0 spiro atoms. The van der Waals surface area contributed by atoms with Gasteiger partial charge in [0.05, 0.1) is 0 Å². The molecule has 0 N–H and O–H groups in total. The zero-order valence-electron chi connectivity index (χ0n) is 3.26. The van der Waals surface area contributed by atoms with Crippen molar-refractivity contribution in [1.29, 1.82) is 0 Å². The largest absolute Gasteiger partial charge is 0.214 e. The van der Waals surface area contributed by atoms with Crippen LogP contribution in [-0.4, -0.2) is 0 Å². The first-order valence-electron chi connectivity index (χ1n) is 1.67. The fourth-order valence-electron chi connectivity index (χ4n) is 0.321. The second kappa shape index (κ2) is 3.20. The van der Waals surface area contributed by atoms with Crippen LogP contribution < -0.4 is 0 Å². The second-order valence-electron chi connectivity index (χ2n) is 0.962. The maximum absolute atomic E-state index is 2.00. The molecule has 0 unspecified atom stereocenters. The second-order valence-corrected chi connectivity index (χ2v) is 0.962. The van der Waals surface area contributed by atoms with Gasteiger partial charge in [0, 0.05) is 20.1 Å². The molecule has 0 fully saturated rings. The third-order valence-electron chi connectivity index (χ3n) is 0.556. The van der Waals surface area contributed by atoms with E-state index in [1.165, 1.54) is 0 Å². The fourth-order valence-corrected chi connectivity index (χ4v) is 0.321. The summed E-state index contributed by atoms with van der Waals surface area (Å²) in [5.41, 5.74) is 0. The van der Waals surface area contributed by atoms with Crippen LogP contribution >= 0.6 is 0 Å². The molecular formula is C5H5Tc-. The Morgan fingerprint density at radius 2 is 1.50 bits per heavy atom. The van der Waals surface area contributed by atoms with Crippen LogP contribution in [0.1, 0.15) is 0 Å². The Labute approximate surface area is 50.9 Å². The summed E-state index contributed by atoms with van der Waals surface area (Å²) in [5.74, 6) is 0. The Morgan fingerprint density at radius 3 is 1.67 bits per heavy atom. The van der Waals surface area contributed by atoms with Crippen LogP contribution in [0.3, 0.4) is 0 Å². The molecule has 0 amide bonds. The molecule has 6 heavy (non-hydrogen) atoms. The summed E-state index contributed by atoms with van der Waals surface area (Å²) in [7, 11) is 0. The molecule has 1 aromatic rings. The molecule has 1 radical (unpaired) electrons. The van der Waals surface area contributed by atoms with Crippen molar-refractivity contribution in [3.05, 3.63) is 30.3 Å². The van der Waals surface area contributed by atoms with Crippen molar-refractivity contribution in [2.75, 3.05) is 0 Å². The molecule has 0 aromatic heterocycles. The van der Waals surface area contributed by atoms with Crippen molar-refractivity contribution < 1.29 is 20.1 Å². The SMILES string of the molecule is [Tc].c1cc[cH-]c1. The molecule has 0 atom stereocenters. The first kappa shape index (κ1) is 6.00. The summed E-state index contributed by atoms with van der Waals surface area (Å²) < 4.78 is 0. The van der Waals surface area contributed by atoms with Gasteiger partial charge in [-0.3, -0.25) is 0 Å². The molecular weight excluding hydrogens is 158 g/mol. The van der Waals surface area contributed by atoms with Crippen molar-refractivity contribution in [3.8, 4) is 0 Å². The monoisotopic (exact) mass is 162 g/mol. The summed E-state index contributed by atoms with van der Waals surface area (Å²) in [5, 5.41) is 0. The molecule has 0 heterocycles. The van der Waals surface area contributed by atoms with E-state index >= 15 is 0 Å². The van der Waals surface area contributed by atoms with E-state index in [1.54, 1.807) is 0 Å². The van der Waals surface area contributed by atoms with Crippen LogP contribution in [0.5, 0.6) is 0 Å². The molecule has 0 nitrogen and oxygen atoms in total. The normalized spacial score (nSPS) is 6.67. The fraction of sp³-hybridized carbons (Fsp3) is 0. The van der Waals surface area contributed by atoms with Gasteiger partial charge in [-0.15, -0.1) is 0 Å². The van der Waals surface area contributed by atoms with Crippen molar-refractivity contribution >= 4 is 0 Å². The van der Waals surface area contributed by atoms with Gasteiger partial charge in [0.1, 0.15) is 0 Å². The van der Waals surface area contributed by atoms with Crippen molar-refractivity contribution in [1.82, 2.24) is 0 Å². The Bertz CT molecular complexity index is 60.4. The van der Waals surface area contributed by atoms with E-state index in [4.69, 9.17) is 0 Å². The minimum absolute atomic E-state index is 0. The minimum Gasteiger partial charge on any atom is -0.214 e. The van der Waals surface area contributed by atoms with Crippen LogP contribution in [0.4, 0.5) is 0 Å². The van der Waals surface area contributed by atoms with Crippen molar-refractivity contribution in [2.24, 2.45) is 0 Å². The summed E-state index contributed by atoms with van der Waals surface area (Å²) in [6.07, 6.45) is 0. The number of hydrogen-bond donors (Lipinski definition) is 0. The molecule has 1 aromatic carbocycles. The predicted octanol–water partition coefficient (Wildman–Crippen LogP) is 1.40. The van der Waals surface area contributed by atoms with Gasteiger partial charge >= 0.3 is 0 Å². The average Bonchev–Trinajstić information content (AvgIpc) is 1.76. The maximum Gasteiger partial charge on any atom is 0 e. The molecule has 1 heteroatoms. The van der Waals surface area contributed by atoms with Crippen LogP contribution in [-0.2, 0) is 20.1 Å². The molecule has 0 saturated carbocycles. The first-order valence-corrected chi connectivity index (χ1v) is 1.67. The zero-order chi connectivity index (χ0) is 3.54. The molecule has 33 valence electrons. The van der Waals surface area contributed by atoms with Crippen LogP contribution in [0, 0.1) is 0 Å². The van der Waals surface area contributed by atoms with Crippen LogP contribution in [0.25, 0.3) is 0 Å². The third kappa shape index (κ3) is 1.44. The van der Waals surface area contributed by atoms with Gasteiger partial charge in [-0.05, 0) is 0 Å². The summed E-state index contributed by atoms with van der Waals surface area (Å²) in [4.78, 5) is 0. The summed E-state index contributed by atoms with van der Waals surface area (Å²) in [6.45, 7) is 0. The molecule has 0 aliphatic rings. The third-order valence-corrected chi connectivity index (χ3v) is 0.556. The smallest absolute Gasteiger partial charge is 0 e. The van der Waals surface area contributed by atoms with Gasteiger partial charge in [0.2, 0.25) is 0 Å². The molecule has 0 aliphatic carbocycles. The maximum atomic E-state index is 2.00. The molecule has 1 rings (SSSR count). The van der Waals surface area contributed by atoms with Gasteiger partial charge in [0.25, 0.3) is 0 Å². The Morgan fingerprint density at radius 1 is 1.00 bits per heavy atom. The standard InChI is InChI=1S/C5H5.Tc/c1-2-4-5-3-1;/h1-5H;/q-1;. The summed E-state index contributed by atoms with van der Waals surface area (Å²) in [6, 6.07) is 10.0. The van der Waals surface area contributed by atoms with E-state index in [1.807, 2.05) is 30.3 Å². The molecule has 0 saturated heterocycles.